The standard InChI is InChI=1S/C17H20N2O.C2H6/c1-2-14-3-5-15(6-4-14)16-7-8-17(18-13-16)19-9-11-20-12-10-19;1-2/h3-8,13H,2,9-12H2,1H3;1-2H3. The molecule has 22 heavy (non-hydrogen) atoms. The van der Waals surface area contributed by atoms with Crippen molar-refractivity contribution in [1.29, 1.82) is 0 Å². The van der Waals surface area contributed by atoms with E-state index in [0.29, 0.717) is 0 Å². The molecule has 1 aromatic heterocycles. The van der Waals surface area contributed by atoms with E-state index in [1.54, 1.807) is 0 Å². The molecule has 1 fully saturated rings. The summed E-state index contributed by atoms with van der Waals surface area (Å²) in [5.74, 6) is 1.04. The van der Waals surface area contributed by atoms with Gasteiger partial charge in [-0.1, -0.05) is 45.0 Å². The van der Waals surface area contributed by atoms with Crippen molar-refractivity contribution in [3.63, 3.8) is 0 Å². The third-order valence-electron chi connectivity index (χ3n) is 3.78. The molecular formula is C19H26N2O. The molecule has 0 amide bonds. The zero-order chi connectivity index (χ0) is 15.8. The Hall–Kier alpha value is -1.87. The largest absolute Gasteiger partial charge is 0.378 e. The van der Waals surface area contributed by atoms with Gasteiger partial charge in [0, 0.05) is 24.8 Å². The molecule has 0 saturated carbocycles. The maximum atomic E-state index is 5.37. The monoisotopic (exact) mass is 298 g/mol. The molecule has 0 unspecified atom stereocenters. The number of nitrogens with zero attached hydrogens (tertiary/aromatic N) is 2. The number of benzene rings is 1. The number of hydrogen-bond donors (Lipinski definition) is 0. The van der Waals surface area contributed by atoms with Gasteiger partial charge in [0.15, 0.2) is 0 Å². The van der Waals surface area contributed by atoms with Crippen LogP contribution in [0.15, 0.2) is 42.6 Å². The SMILES string of the molecule is CC.CCc1ccc(-c2ccc(N3CCOCC3)nc2)cc1. The molecule has 0 aliphatic carbocycles. The average molecular weight is 298 g/mol. The molecule has 3 rings (SSSR count). The van der Waals surface area contributed by atoms with E-state index in [4.69, 9.17) is 4.74 Å². The van der Waals surface area contributed by atoms with E-state index in [2.05, 4.69) is 53.2 Å². The van der Waals surface area contributed by atoms with Gasteiger partial charge < -0.3 is 9.64 Å². The Morgan fingerprint density at radius 1 is 0.955 bits per heavy atom. The topological polar surface area (TPSA) is 25.4 Å². The Morgan fingerprint density at radius 3 is 2.14 bits per heavy atom. The molecule has 0 radical (unpaired) electrons. The first-order chi connectivity index (χ1) is 10.9. The first kappa shape index (κ1) is 16.5. The van der Waals surface area contributed by atoms with Crippen LogP contribution in [-0.4, -0.2) is 31.3 Å². The second-order valence-electron chi connectivity index (χ2n) is 5.05. The summed E-state index contributed by atoms with van der Waals surface area (Å²) in [4.78, 5) is 6.86. The second kappa shape index (κ2) is 8.54. The zero-order valence-corrected chi connectivity index (χ0v) is 13.9. The van der Waals surface area contributed by atoms with Crippen molar-refractivity contribution in [2.75, 3.05) is 31.2 Å². The van der Waals surface area contributed by atoms with Crippen molar-refractivity contribution < 1.29 is 4.74 Å². The van der Waals surface area contributed by atoms with Gasteiger partial charge in [-0.05, 0) is 29.7 Å². The van der Waals surface area contributed by atoms with Gasteiger partial charge in [0.25, 0.3) is 0 Å². The Kier molecular flexibility index (Phi) is 6.41. The molecule has 118 valence electrons. The smallest absolute Gasteiger partial charge is 0.128 e. The van der Waals surface area contributed by atoms with Crippen molar-refractivity contribution in [2.45, 2.75) is 27.2 Å². The third-order valence-corrected chi connectivity index (χ3v) is 3.78. The Bertz CT molecular complexity index is 543. The van der Waals surface area contributed by atoms with E-state index >= 15 is 0 Å². The van der Waals surface area contributed by atoms with E-state index in [1.807, 2.05) is 20.0 Å². The quantitative estimate of drug-likeness (QED) is 0.850. The minimum absolute atomic E-state index is 0.794. The number of morpholine rings is 1. The van der Waals surface area contributed by atoms with Crippen LogP contribution in [-0.2, 0) is 11.2 Å². The Labute approximate surface area is 134 Å². The summed E-state index contributed by atoms with van der Waals surface area (Å²) in [6, 6.07) is 13.0. The normalized spacial score (nSPS) is 14.2. The highest BCUT2D eigenvalue weighted by molar-refractivity contribution is 5.64. The molecule has 2 aromatic rings. The van der Waals surface area contributed by atoms with Gasteiger partial charge in [0.2, 0.25) is 0 Å². The fraction of sp³-hybridized carbons (Fsp3) is 0.421. The summed E-state index contributed by atoms with van der Waals surface area (Å²) in [6.07, 6.45) is 3.04. The van der Waals surface area contributed by atoms with E-state index in [1.165, 1.54) is 16.7 Å². The summed E-state index contributed by atoms with van der Waals surface area (Å²) in [6.45, 7) is 9.62. The van der Waals surface area contributed by atoms with Crippen LogP contribution in [0.25, 0.3) is 11.1 Å². The van der Waals surface area contributed by atoms with Crippen LogP contribution in [0.5, 0.6) is 0 Å². The van der Waals surface area contributed by atoms with Gasteiger partial charge in [0.05, 0.1) is 13.2 Å². The van der Waals surface area contributed by atoms with Crippen LogP contribution >= 0.6 is 0 Å². The highest BCUT2D eigenvalue weighted by Gasteiger charge is 2.12. The summed E-state index contributed by atoms with van der Waals surface area (Å²) in [5.41, 5.74) is 3.76. The number of anilines is 1. The molecule has 3 nitrogen and oxygen atoms in total. The molecule has 1 aromatic carbocycles. The number of aromatic nitrogens is 1. The van der Waals surface area contributed by atoms with E-state index in [9.17, 15) is 0 Å². The molecule has 1 aliphatic heterocycles. The maximum absolute atomic E-state index is 5.37. The van der Waals surface area contributed by atoms with E-state index < -0.39 is 0 Å². The molecule has 0 spiro atoms. The lowest BCUT2D eigenvalue weighted by Gasteiger charge is -2.27. The van der Waals surface area contributed by atoms with Crippen molar-refractivity contribution in [1.82, 2.24) is 4.98 Å². The Balaban J connectivity index is 0.000000847. The highest BCUT2D eigenvalue weighted by atomic mass is 16.5. The van der Waals surface area contributed by atoms with Crippen molar-refractivity contribution >= 4 is 5.82 Å². The number of aryl methyl sites for hydroxylation is 1. The predicted octanol–water partition coefficient (Wildman–Crippen LogP) is 4.17. The summed E-state index contributed by atoms with van der Waals surface area (Å²) >= 11 is 0. The molecule has 0 atom stereocenters. The second-order valence-corrected chi connectivity index (χ2v) is 5.05. The van der Waals surface area contributed by atoms with Gasteiger partial charge in [-0.25, -0.2) is 4.98 Å². The summed E-state index contributed by atoms with van der Waals surface area (Å²) in [5, 5.41) is 0. The minimum atomic E-state index is 0.794. The lowest BCUT2D eigenvalue weighted by Crippen LogP contribution is -2.36. The summed E-state index contributed by atoms with van der Waals surface area (Å²) < 4.78 is 5.37. The van der Waals surface area contributed by atoms with Crippen LogP contribution in [0.4, 0.5) is 5.82 Å². The van der Waals surface area contributed by atoms with Crippen LogP contribution in [0.2, 0.25) is 0 Å². The average Bonchev–Trinajstić information content (AvgIpc) is 2.64. The fourth-order valence-corrected chi connectivity index (χ4v) is 2.47. The molecule has 2 heterocycles. The van der Waals surface area contributed by atoms with Gasteiger partial charge >= 0.3 is 0 Å². The lowest BCUT2D eigenvalue weighted by atomic mass is 10.0. The van der Waals surface area contributed by atoms with E-state index in [0.717, 1.165) is 38.5 Å². The number of rotatable bonds is 3. The predicted molar refractivity (Wildman–Crippen MR) is 93.4 cm³/mol. The fourth-order valence-electron chi connectivity index (χ4n) is 2.47. The van der Waals surface area contributed by atoms with Crippen LogP contribution in [0.3, 0.4) is 0 Å². The first-order valence-corrected chi connectivity index (χ1v) is 8.25. The van der Waals surface area contributed by atoms with Crippen LogP contribution in [0.1, 0.15) is 26.3 Å². The van der Waals surface area contributed by atoms with Crippen LogP contribution in [0, 0.1) is 0 Å². The number of pyridine rings is 1. The molecule has 1 aliphatic rings. The molecule has 0 N–H and O–H groups in total. The molecule has 1 saturated heterocycles. The van der Waals surface area contributed by atoms with Crippen molar-refractivity contribution in [3.8, 4) is 11.1 Å². The Morgan fingerprint density at radius 2 is 1.59 bits per heavy atom. The van der Waals surface area contributed by atoms with Crippen molar-refractivity contribution in [2.24, 2.45) is 0 Å². The highest BCUT2D eigenvalue weighted by Crippen LogP contribution is 2.22. The number of ether oxygens (including phenoxy) is 1. The third kappa shape index (κ3) is 4.08. The van der Waals surface area contributed by atoms with Crippen molar-refractivity contribution in [3.05, 3.63) is 48.2 Å². The molecule has 0 bridgehead atoms. The van der Waals surface area contributed by atoms with Gasteiger partial charge in [-0.2, -0.15) is 0 Å². The van der Waals surface area contributed by atoms with Crippen LogP contribution < -0.4 is 4.90 Å². The minimum Gasteiger partial charge on any atom is -0.378 e. The van der Waals surface area contributed by atoms with Gasteiger partial charge in [-0.3, -0.25) is 0 Å². The van der Waals surface area contributed by atoms with E-state index in [-0.39, 0.29) is 0 Å². The lowest BCUT2D eigenvalue weighted by molar-refractivity contribution is 0.122. The number of hydrogen-bond acceptors (Lipinski definition) is 3. The molecular weight excluding hydrogens is 272 g/mol. The maximum Gasteiger partial charge on any atom is 0.128 e. The summed E-state index contributed by atoms with van der Waals surface area (Å²) in [7, 11) is 0. The van der Waals surface area contributed by atoms with Gasteiger partial charge in [0.1, 0.15) is 5.82 Å². The first-order valence-electron chi connectivity index (χ1n) is 8.25. The molecule has 3 heteroatoms. The van der Waals surface area contributed by atoms with Gasteiger partial charge in [-0.15, -0.1) is 0 Å². The zero-order valence-electron chi connectivity index (χ0n) is 13.9.